The van der Waals surface area contributed by atoms with E-state index in [2.05, 4.69) is 12.2 Å². The first-order valence-corrected chi connectivity index (χ1v) is 11.5. The summed E-state index contributed by atoms with van der Waals surface area (Å²) >= 11 is 5.89. The number of halogens is 1. The van der Waals surface area contributed by atoms with Crippen LogP contribution in [-0.2, 0) is 4.74 Å². The molecule has 1 aromatic carbocycles. The Morgan fingerprint density at radius 3 is 2.52 bits per heavy atom. The van der Waals surface area contributed by atoms with E-state index < -0.39 is 0 Å². The van der Waals surface area contributed by atoms with E-state index in [0.29, 0.717) is 28.7 Å². The number of carbonyl (C=O) groups is 1. The first kappa shape index (κ1) is 22.4. The van der Waals surface area contributed by atoms with Gasteiger partial charge < -0.3 is 19.7 Å². The van der Waals surface area contributed by atoms with Crippen LogP contribution in [0, 0.1) is 11.8 Å². The van der Waals surface area contributed by atoms with Crippen molar-refractivity contribution in [3.63, 3.8) is 0 Å². The third kappa shape index (κ3) is 6.34. The summed E-state index contributed by atoms with van der Waals surface area (Å²) in [6.07, 6.45) is 7.82. The van der Waals surface area contributed by atoms with Gasteiger partial charge in [0.2, 0.25) is 0 Å². The third-order valence-corrected chi connectivity index (χ3v) is 6.63. The second kappa shape index (κ2) is 11.2. The highest BCUT2D eigenvalue weighted by Gasteiger charge is 2.35. The maximum atomic E-state index is 12.5. The lowest BCUT2D eigenvalue weighted by Crippen LogP contribution is -2.46. The zero-order valence-electron chi connectivity index (χ0n) is 17.7. The molecule has 5 nitrogen and oxygen atoms in total. The normalized spacial score (nSPS) is 26.0. The van der Waals surface area contributed by atoms with Crippen LogP contribution in [0.2, 0.25) is 5.02 Å². The van der Waals surface area contributed by atoms with E-state index in [0.717, 1.165) is 51.8 Å². The molecule has 1 N–H and O–H groups in total. The summed E-state index contributed by atoms with van der Waals surface area (Å²) in [5, 5.41) is 4.17. The Morgan fingerprint density at radius 1 is 1.17 bits per heavy atom. The molecule has 1 aliphatic carbocycles. The largest absolute Gasteiger partial charge is 0.415 e. The topological polar surface area (TPSA) is 50.8 Å². The van der Waals surface area contributed by atoms with Crippen molar-refractivity contribution in [3.8, 4) is 5.75 Å². The smallest absolute Gasteiger partial charge is 0.410 e. The summed E-state index contributed by atoms with van der Waals surface area (Å²) in [4.78, 5) is 14.3. The van der Waals surface area contributed by atoms with Crippen LogP contribution in [0.5, 0.6) is 5.75 Å². The lowest BCUT2D eigenvalue weighted by molar-refractivity contribution is -0.0471. The van der Waals surface area contributed by atoms with Gasteiger partial charge in [0.05, 0.1) is 6.10 Å². The molecule has 0 spiro atoms. The molecule has 2 fully saturated rings. The molecule has 2 aliphatic rings. The van der Waals surface area contributed by atoms with Gasteiger partial charge in [0.25, 0.3) is 0 Å². The number of benzene rings is 1. The molecule has 3 rings (SSSR count). The van der Waals surface area contributed by atoms with E-state index in [-0.39, 0.29) is 12.1 Å². The predicted molar refractivity (Wildman–Crippen MR) is 117 cm³/mol. The quantitative estimate of drug-likeness (QED) is 0.662. The number of hydrogen-bond acceptors (Lipinski definition) is 4. The Bertz CT molecular complexity index is 626. The Hall–Kier alpha value is -1.30. The van der Waals surface area contributed by atoms with Crippen LogP contribution in [0.4, 0.5) is 4.79 Å². The van der Waals surface area contributed by atoms with Crippen molar-refractivity contribution in [2.45, 2.75) is 64.0 Å². The summed E-state index contributed by atoms with van der Waals surface area (Å²) in [5.41, 5.74) is 0. The highest BCUT2D eigenvalue weighted by atomic mass is 35.5. The summed E-state index contributed by atoms with van der Waals surface area (Å²) in [7, 11) is 1.85. The molecule has 29 heavy (non-hydrogen) atoms. The van der Waals surface area contributed by atoms with Gasteiger partial charge in [-0.15, -0.1) is 0 Å². The van der Waals surface area contributed by atoms with Crippen molar-refractivity contribution in [2.24, 2.45) is 11.8 Å². The summed E-state index contributed by atoms with van der Waals surface area (Å²) in [6.45, 7) is 5.22. The number of amides is 1. The SMILES string of the molecule is CCCOC(C1CCC(N(C)C(=O)Oc2ccc(Cl)cc2)CC1)C1CCCNC1. The number of nitrogens with one attached hydrogen (secondary N) is 1. The summed E-state index contributed by atoms with van der Waals surface area (Å²) in [6, 6.07) is 7.12. The van der Waals surface area contributed by atoms with Crippen LogP contribution in [0.1, 0.15) is 51.9 Å². The van der Waals surface area contributed by atoms with Crippen LogP contribution in [0.25, 0.3) is 0 Å². The molecule has 1 saturated carbocycles. The molecule has 0 radical (unpaired) electrons. The van der Waals surface area contributed by atoms with Gasteiger partial charge in [-0.3, -0.25) is 0 Å². The first-order chi connectivity index (χ1) is 14.1. The lowest BCUT2D eigenvalue weighted by Gasteiger charge is -2.41. The second-order valence-corrected chi connectivity index (χ2v) is 8.88. The minimum atomic E-state index is -0.300. The van der Waals surface area contributed by atoms with Gasteiger partial charge in [-0.1, -0.05) is 18.5 Å². The molecule has 2 unspecified atom stereocenters. The number of carbonyl (C=O) groups excluding carboxylic acids is 1. The Balaban J connectivity index is 1.52. The fourth-order valence-electron chi connectivity index (χ4n) is 4.71. The number of rotatable bonds is 7. The highest BCUT2D eigenvalue weighted by molar-refractivity contribution is 6.30. The van der Waals surface area contributed by atoms with E-state index in [1.807, 2.05) is 7.05 Å². The van der Waals surface area contributed by atoms with Gasteiger partial charge in [-0.2, -0.15) is 0 Å². The van der Waals surface area contributed by atoms with Gasteiger partial charge in [0.1, 0.15) is 5.75 Å². The molecule has 1 aromatic rings. The molecule has 0 bridgehead atoms. The van der Waals surface area contributed by atoms with E-state index >= 15 is 0 Å². The molecule has 162 valence electrons. The van der Waals surface area contributed by atoms with Crippen molar-refractivity contribution in [3.05, 3.63) is 29.3 Å². The Kier molecular flexibility index (Phi) is 8.64. The average Bonchev–Trinajstić information content (AvgIpc) is 2.76. The third-order valence-electron chi connectivity index (χ3n) is 6.37. The maximum Gasteiger partial charge on any atom is 0.415 e. The van der Waals surface area contributed by atoms with E-state index in [1.165, 1.54) is 12.8 Å². The predicted octanol–water partition coefficient (Wildman–Crippen LogP) is 5.12. The molecule has 0 aromatic heterocycles. The first-order valence-electron chi connectivity index (χ1n) is 11.1. The van der Waals surface area contributed by atoms with Gasteiger partial charge in [-0.25, -0.2) is 4.79 Å². The van der Waals surface area contributed by atoms with Crippen molar-refractivity contribution < 1.29 is 14.3 Å². The monoisotopic (exact) mass is 422 g/mol. The Labute approximate surface area is 180 Å². The minimum absolute atomic E-state index is 0.224. The highest BCUT2D eigenvalue weighted by Crippen LogP contribution is 2.35. The molecular weight excluding hydrogens is 388 g/mol. The molecule has 1 aliphatic heterocycles. The van der Waals surface area contributed by atoms with Gasteiger partial charge in [0, 0.05) is 31.3 Å². The fourth-order valence-corrected chi connectivity index (χ4v) is 4.84. The average molecular weight is 423 g/mol. The van der Waals surface area contributed by atoms with Crippen LogP contribution in [0.15, 0.2) is 24.3 Å². The van der Waals surface area contributed by atoms with Crippen LogP contribution in [0.3, 0.4) is 0 Å². The molecule has 1 saturated heterocycles. The number of nitrogens with zero attached hydrogens (tertiary/aromatic N) is 1. The van der Waals surface area contributed by atoms with E-state index in [4.69, 9.17) is 21.1 Å². The summed E-state index contributed by atoms with van der Waals surface area (Å²) < 4.78 is 11.8. The van der Waals surface area contributed by atoms with Gasteiger partial charge in [0.15, 0.2) is 0 Å². The standard InChI is InChI=1S/C23H35ClN2O3/c1-3-15-28-22(18-5-4-14-25-16-18)17-6-10-20(11-7-17)26(2)23(27)29-21-12-8-19(24)9-13-21/h8-9,12-13,17-18,20,22,25H,3-7,10-11,14-16H2,1-2H3. The zero-order valence-corrected chi connectivity index (χ0v) is 18.5. The number of ether oxygens (including phenoxy) is 2. The zero-order chi connectivity index (χ0) is 20.6. The van der Waals surface area contributed by atoms with Crippen LogP contribution in [-0.4, -0.2) is 49.9 Å². The van der Waals surface area contributed by atoms with Crippen molar-refractivity contribution in [1.29, 1.82) is 0 Å². The Morgan fingerprint density at radius 2 is 1.90 bits per heavy atom. The van der Waals surface area contributed by atoms with Crippen molar-refractivity contribution in [2.75, 3.05) is 26.7 Å². The van der Waals surface area contributed by atoms with Crippen LogP contribution < -0.4 is 10.1 Å². The molecule has 1 heterocycles. The number of piperidine rings is 1. The van der Waals surface area contributed by atoms with Gasteiger partial charge >= 0.3 is 6.09 Å². The van der Waals surface area contributed by atoms with Gasteiger partial charge in [-0.05, 0) is 87.6 Å². The lowest BCUT2D eigenvalue weighted by atomic mass is 9.76. The summed E-state index contributed by atoms with van der Waals surface area (Å²) in [5.74, 6) is 1.73. The maximum absolute atomic E-state index is 12.5. The molecule has 2 atom stereocenters. The van der Waals surface area contributed by atoms with E-state index in [1.54, 1.807) is 29.2 Å². The second-order valence-electron chi connectivity index (χ2n) is 8.44. The minimum Gasteiger partial charge on any atom is -0.410 e. The molecule has 6 heteroatoms. The fraction of sp³-hybridized carbons (Fsp3) is 0.696. The van der Waals surface area contributed by atoms with Crippen molar-refractivity contribution >= 4 is 17.7 Å². The number of hydrogen-bond donors (Lipinski definition) is 1. The van der Waals surface area contributed by atoms with E-state index in [9.17, 15) is 4.79 Å². The molecular formula is C23H35ClN2O3. The van der Waals surface area contributed by atoms with Crippen LogP contribution >= 0.6 is 11.6 Å². The van der Waals surface area contributed by atoms with Crippen molar-refractivity contribution in [1.82, 2.24) is 10.2 Å². The molecule has 1 amide bonds.